The smallest absolute Gasteiger partial charge is 0.225 e. The number of piperidine rings is 2. The first-order valence-corrected chi connectivity index (χ1v) is 13.4. The van der Waals surface area contributed by atoms with Gasteiger partial charge in [-0.2, -0.15) is 0 Å². The minimum Gasteiger partial charge on any atom is -0.381 e. The van der Waals surface area contributed by atoms with Crippen LogP contribution in [0.5, 0.6) is 0 Å². The Balaban J connectivity index is 1.15. The van der Waals surface area contributed by atoms with Gasteiger partial charge in [-0.3, -0.25) is 0 Å². The highest BCUT2D eigenvalue weighted by molar-refractivity contribution is 7.89. The van der Waals surface area contributed by atoms with Crippen molar-refractivity contribution in [3.63, 3.8) is 0 Å². The van der Waals surface area contributed by atoms with Crippen LogP contribution < -0.4 is 4.90 Å². The molecule has 3 aliphatic rings. The third kappa shape index (κ3) is 5.59. The van der Waals surface area contributed by atoms with Crippen LogP contribution in [0.25, 0.3) is 0 Å². The van der Waals surface area contributed by atoms with Crippen LogP contribution in [0.3, 0.4) is 0 Å². The minimum absolute atomic E-state index is 0.190. The van der Waals surface area contributed by atoms with E-state index in [-0.39, 0.29) is 5.75 Å². The summed E-state index contributed by atoms with van der Waals surface area (Å²) in [7, 11) is -3.05. The molecule has 2 saturated heterocycles. The molecule has 0 N–H and O–H groups in total. The highest BCUT2D eigenvalue weighted by Gasteiger charge is 2.34. The number of sulfonamides is 1. The molecule has 0 radical (unpaired) electrons. The summed E-state index contributed by atoms with van der Waals surface area (Å²) in [5.41, 5.74) is 0. The van der Waals surface area contributed by atoms with Crippen molar-refractivity contribution in [2.24, 2.45) is 23.7 Å². The Hall–Kier alpha value is -1.22. The second-order valence-electron chi connectivity index (χ2n) is 8.93. The topological polar surface area (TPSA) is 75.6 Å². The number of ether oxygens (including phenoxy) is 1. The molecule has 2 unspecified atom stereocenters. The molecule has 0 bridgehead atoms. The van der Waals surface area contributed by atoms with E-state index in [2.05, 4.69) is 27.0 Å². The lowest BCUT2D eigenvalue weighted by Gasteiger charge is -2.41. The maximum Gasteiger partial charge on any atom is 0.225 e. The Morgan fingerprint density at radius 2 is 1.71 bits per heavy atom. The summed E-state index contributed by atoms with van der Waals surface area (Å²) in [6.07, 6.45) is 12.0. The van der Waals surface area contributed by atoms with E-state index in [0.717, 1.165) is 57.9 Å². The molecule has 1 aliphatic carbocycles. The van der Waals surface area contributed by atoms with Gasteiger partial charge in [-0.1, -0.05) is 23.8 Å². The zero-order chi connectivity index (χ0) is 21.8. The SMILES string of the molecule is CCS(=O)(=O)N1CCC(COCC2C=CC2C2CCN(c3ncc(Cl)cn3)CC2)CC1. The molecule has 2 aliphatic heterocycles. The van der Waals surface area contributed by atoms with E-state index >= 15 is 0 Å². The molecule has 7 nitrogen and oxygen atoms in total. The van der Waals surface area contributed by atoms with Crippen molar-refractivity contribution in [2.45, 2.75) is 32.6 Å². The minimum atomic E-state index is -3.05. The Bertz CT molecular complexity index is 848. The maximum atomic E-state index is 12.0. The first-order chi connectivity index (χ1) is 15.0. The Labute approximate surface area is 190 Å². The molecular weight excluding hydrogens is 436 g/mol. The standard InChI is InChI=1S/C22H33ClN4O3S/c1-2-31(28,29)27-11-5-17(6-12-27)15-30-16-19-3-4-21(19)18-7-9-26(10-8-18)22-24-13-20(23)14-25-22/h3-4,13-14,17-19,21H,2,5-12,15-16H2,1H3. The Kier molecular flexibility index (Phi) is 7.52. The molecule has 9 heteroatoms. The van der Waals surface area contributed by atoms with E-state index in [1.165, 1.54) is 0 Å². The summed E-state index contributed by atoms with van der Waals surface area (Å²) in [4.78, 5) is 10.9. The van der Waals surface area contributed by atoms with Gasteiger partial charge in [0.1, 0.15) is 0 Å². The fourth-order valence-electron chi connectivity index (χ4n) is 4.93. The molecule has 0 amide bonds. The molecule has 2 fully saturated rings. The normalized spacial score (nSPS) is 26.2. The number of aromatic nitrogens is 2. The number of allylic oxidation sites excluding steroid dienone is 1. The first-order valence-electron chi connectivity index (χ1n) is 11.4. The Morgan fingerprint density at radius 1 is 1.03 bits per heavy atom. The predicted molar refractivity (Wildman–Crippen MR) is 123 cm³/mol. The molecule has 0 saturated carbocycles. The van der Waals surface area contributed by atoms with Crippen LogP contribution >= 0.6 is 11.6 Å². The van der Waals surface area contributed by atoms with Crippen LogP contribution in [0.4, 0.5) is 5.95 Å². The summed E-state index contributed by atoms with van der Waals surface area (Å²) in [6.45, 7) is 6.44. The van der Waals surface area contributed by atoms with Gasteiger partial charge in [-0.25, -0.2) is 22.7 Å². The second-order valence-corrected chi connectivity index (χ2v) is 11.6. The molecular formula is C22H33ClN4O3S. The molecule has 0 spiro atoms. The van der Waals surface area contributed by atoms with Crippen LogP contribution in [0.2, 0.25) is 5.02 Å². The molecule has 0 aromatic carbocycles. The number of anilines is 1. The van der Waals surface area contributed by atoms with E-state index in [1.807, 2.05) is 0 Å². The van der Waals surface area contributed by atoms with Crippen molar-refractivity contribution in [2.75, 3.05) is 50.0 Å². The average molecular weight is 469 g/mol. The van der Waals surface area contributed by atoms with E-state index in [9.17, 15) is 8.42 Å². The predicted octanol–water partition coefficient (Wildman–Crippen LogP) is 3.23. The Morgan fingerprint density at radius 3 is 2.29 bits per heavy atom. The second kappa shape index (κ2) is 10.1. The van der Waals surface area contributed by atoms with Gasteiger partial charge < -0.3 is 9.64 Å². The molecule has 172 valence electrons. The largest absolute Gasteiger partial charge is 0.381 e. The summed E-state index contributed by atoms with van der Waals surface area (Å²) in [5.74, 6) is 3.21. The van der Waals surface area contributed by atoms with Gasteiger partial charge >= 0.3 is 0 Å². The van der Waals surface area contributed by atoms with Crippen LogP contribution in [0, 0.1) is 23.7 Å². The lowest BCUT2D eigenvalue weighted by atomic mass is 9.71. The van der Waals surface area contributed by atoms with Crippen molar-refractivity contribution in [1.82, 2.24) is 14.3 Å². The van der Waals surface area contributed by atoms with Crippen molar-refractivity contribution in [3.8, 4) is 0 Å². The van der Waals surface area contributed by atoms with E-state index in [1.54, 1.807) is 23.6 Å². The van der Waals surface area contributed by atoms with Crippen molar-refractivity contribution in [3.05, 3.63) is 29.6 Å². The summed E-state index contributed by atoms with van der Waals surface area (Å²) in [5, 5.41) is 0.567. The first kappa shape index (κ1) is 23.0. The monoisotopic (exact) mass is 468 g/mol. The van der Waals surface area contributed by atoms with Crippen molar-refractivity contribution in [1.29, 1.82) is 0 Å². The van der Waals surface area contributed by atoms with E-state index < -0.39 is 10.0 Å². The molecule has 2 atom stereocenters. The molecule has 4 rings (SSSR count). The molecule has 1 aromatic rings. The average Bonchev–Trinajstić information content (AvgIpc) is 2.77. The summed E-state index contributed by atoms with van der Waals surface area (Å²) in [6, 6.07) is 0. The van der Waals surface area contributed by atoms with Gasteiger partial charge in [-0.15, -0.1) is 0 Å². The molecule has 31 heavy (non-hydrogen) atoms. The van der Waals surface area contributed by atoms with Crippen LogP contribution in [0.1, 0.15) is 32.6 Å². The lowest BCUT2D eigenvalue weighted by molar-refractivity contribution is 0.0434. The van der Waals surface area contributed by atoms with Gasteiger partial charge in [-0.05, 0) is 50.4 Å². The number of hydrogen-bond acceptors (Lipinski definition) is 6. The molecule has 1 aromatic heterocycles. The zero-order valence-corrected chi connectivity index (χ0v) is 19.8. The van der Waals surface area contributed by atoms with Gasteiger partial charge in [0.15, 0.2) is 0 Å². The quantitative estimate of drug-likeness (QED) is 0.545. The maximum absolute atomic E-state index is 12.0. The van der Waals surface area contributed by atoms with Gasteiger partial charge in [0.05, 0.1) is 29.8 Å². The third-order valence-electron chi connectivity index (χ3n) is 7.04. The third-order valence-corrected chi connectivity index (χ3v) is 9.12. The van der Waals surface area contributed by atoms with E-state index in [4.69, 9.17) is 16.3 Å². The number of hydrogen-bond donors (Lipinski definition) is 0. The van der Waals surface area contributed by atoms with E-state index in [0.29, 0.717) is 41.8 Å². The van der Waals surface area contributed by atoms with Crippen LogP contribution in [-0.4, -0.2) is 67.8 Å². The zero-order valence-electron chi connectivity index (χ0n) is 18.2. The van der Waals surface area contributed by atoms with Crippen molar-refractivity contribution < 1.29 is 13.2 Å². The van der Waals surface area contributed by atoms with Crippen molar-refractivity contribution >= 4 is 27.6 Å². The fraction of sp³-hybridized carbons (Fsp3) is 0.727. The highest BCUT2D eigenvalue weighted by atomic mass is 35.5. The van der Waals surface area contributed by atoms with Crippen LogP contribution in [0.15, 0.2) is 24.5 Å². The number of nitrogens with zero attached hydrogens (tertiary/aromatic N) is 4. The number of rotatable bonds is 8. The summed E-state index contributed by atoms with van der Waals surface area (Å²) < 4.78 is 31.7. The number of halogens is 1. The molecule has 3 heterocycles. The highest BCUT2D eigenvalue weighted by Crippen LogP contribution is 2.38. The fourth-order valence-corrected chi connectivity index (χ4v) is 6.16. The van der Waals surface area contributed by atoms with Gasteiger partial charge in [0.2, 0.25) is 16.0 Å². The van der Waals surface area contributed by atoms with Crippen LogP contribution in [-0.2, 0) is 14.8 Å². The lowest BCUT2D eigenvalue weighted by Crippen LogP contribution is -2.41. The summed E-state index contributed by atoms with van der Waals surface area (Å²) >= 11 is 5.89. The van der Waals surface area contributed by atoms with Gasteiger partial charge in [0, 0.05) is 38.7 Å². The van der Waals surface area contributed by atoms with Gasteiger partial charge in [0.25, 0.3) is 0 Å².